The van der Waals surface area contributed by atoms with Gasteiger partial charge in [0, 0.05) is 6.54 Å². The summed E-state index contributed by atoms with van der Waals surface area (Å²) in [6, 6.07) is 5.12. The van der Waals surface area contributed by atoms with E-state index in [-0.39, 0.29) is 5.91 Å². The molecule has 1 amide bonds. The number of methoxy groups -OCH3 is 2. The highest BCUT2D eigenvalue weighted by atomic mass is 16.5. The third-order valence-corrected chi connectivity index (χ3v) is 2.50. The van der Waals surface area contributed by atoms with E-state index >= 15 is 0 Å². The van der Waals surface area contributed by atoms with Gasteiger partial charge < -0.3 is 19.9 Å². The predicted molar refractivity (Wildman–Crippen MR) is 68.2 cm³/mol. The Labute approximate surface area is 107 Å². The highest BCUT2D eigenvalue weighted by molar-refractivity contribution is 5.97. The molecule has 0 aliphatic rings. The Morgan fingerprint density at radius 2 is 2.11 bits per heavy atom. The first kappa shape index (κ1) is 14.3. The summed E-state index contributed by atoms with van der Waals surface area (Å²) in [6.45, 7) is 2.09. The van der Waals surface area contributed by atoms with Crippen LogP contribution in [0.5, 0.6) is 11.5 Å². The van der Waals surface area contributed by atoms with Crippen LogP contribution in [0.3, 0.4) is 0 Å². The van der Waals surface area contributed by atoms with Gasteiger partial charge in [0.2, 0.25) is 0 Å². The van der Waals surface area contributed by atoms with E-state index < -0.39 is 6.10 Å². The fraction of sp³-hybridized carbons (Fsp3) is 0.462. The van der Waals surface area contributed by atoms with Crippen LogP contribution in [0, 0.1) is 0 Å². The Hall–Kier alpha value is -1.75. The molecule has 0 saturated carbocycles. The summed E-state index contributed by atoms with van der Waals surface area (Å²) in [7, 11) is 3.01. The van der Waals surface area contributed by atoms with E-state index in [2.05, 4.69) is 5.32 Å². The molecule has 100 valence electrons. The third kappa shape index (κ3) is 3.63. The van der Waals surface area contributed by atoms with Gasteiger partial charge in [-0.15, -0.1) is 0 Å². The molecule has 18 heavy (non-hydrogen) atoms. The van der Waals surface area contributed by atoms with Gasteiger partial charge in [-0.25, -0.2) is 0 Å². The fourth-order valence-corrected chi connectivity index (χ4v) is 1.56. The molecule has 0 saturated heterocycles. The van der Waals surface area contributed by atoms with Crippen LogP contribution in [0.4, 0.5) is 0 Å². The number of aliphatic hydroxyl groups is 1. The van der Waals surface area contributed by atoms with Gasteiger partial charge in [0.1, 0.15) is 0 Å². The quantitative estimate of drug-likeness (QED) is 0.799. The maximum atomic E-state index is 11.9. The second kappa shape index (κ2) is 6.86. The Balaban J connectivity index is 2.79. The molecule has 1 aromatic carbocycles. The van der Waals surface area contributed by atoms with Crippen molar-refractivity contribution >= 4 is 5.91 Å². The van der Waals surface area contributed by atoms with Gasteiger partial charge in [-0.05, 0) is 25.5 Å². The summed E-state index contributed by atoms with van der Waals surface area (Å²) in [6.07, 6.45) is 0.0791. The number of aliphatic hydroxyl groups excluding tert-OH is 1. The molecule has 0 aliphatic carbocycles. The topological polar surface area (TPSA) is 67.8 Å². The minimum atomic E-state index is -0.433. The van der Waals surface area contributed by atoms with E-state index in [0.29, 0.717) is 30.0 Å². The van der Waals surface area contributed by atoms with E-state index in [1.165, 1.54) is 14.2 Å². The Morgan fingerprint density at radius 1 is 1.39 bits per heavy atom. The second-order valence-electron chi connectivity index (χ2n) is 3.93. The van der Waals surface area contributed by atoms with Crippen LogP contribution in [0.2, 0.25) is 0 Å². The lowest BCUT2D eigenvalue weighted by Gasteiger charge is -2.12. The summed E-state index contributed by atoms with van der Waals surface area (Å²) in [5.74, 6) is 0.682. The van der Waals surface area contributed by atoms with Gasteiger partial charge in [0.25, 0.3) is 5.91 Å². The Kier molecular flexibility index (Phi) is 5.45. The molecule has 2 N–H and O–H groups in total. The highest BCUT2D eigenvalue weighted by Gasteiger charge is 2.15. The molecule has 0 spiro atoms. The number of para-hydroxylation sites is 1. The third-order valence-electron chi connectivity index (χ3n) is 2.50. The number of rotatable bonds is 6. The maximum absolute atomic E-state index is 11.9. The van der Waals surface area contributed by atoms with Gasteiger partial charge in [-0.3, -0.25) is 4.79 Å². The lowest BCUT2D eigenvalue weighted by atomic mass is 10.1. The molecule has 5 heteroatoms. The summed E-state index contributed by atoms with van der Waals surface area (Å²) in [5, 5.41) is 11.8. The lowest BCUT2D eigenvalue weighted by Crippen LogP contribution is -2.26. The average molecular weight is 253 g/mol. The highest BCUT2D eigenvalue weighted by Crippen LogP contribution is 2.30. The molecule has 0 bridgehead atoms. The average Bonchev–Trinajstić information content (AvgIpc) is 2.36. The number of amides is 1. The largest absolute Gasteiger partial charge is 0.493 e. The van der Waals surface area contributed by atoms with Crippen molar-refractivity contribution in [1.29, 1.82) is 0 Å². The molecule has 5 nitrogen and oxygen atoms in total. The number of carbonyl (C=O) groups excluding carboxylic acids is 1. The number of nitrogens with one attached hydrogen (secondary N) is 1. The first-order chi connectivity index (χ1) is 8.60. The van der Waals surface area contributed by atoms with Gasteiger partial charge >= 0.3 is 0 Å². The van der Waals surface area contributed by atoms with E-state index in [1.54, 1.807) is 25.1 Å². The van der Waals surface area contributed by atoms with Crippen molar-refractivity contribution in [3.8, 4) is 11.5 Å². The summed E-state index contributed by atoms with van der Waals surface area (Å²) < 4.78 is 10.3. The SMILES string of the molecule is COc1cccc(C(=O)NCCC(C)O)c1OC. The molecule has 1 rings (SSSR count). The van der Waals surface area contributed by atoms with Crippen molar-refractivity contribution in [1.82, 2.24) is 5.32 Å². The number of carbonyl (C=O) groups is 1. The summed E-state index contributed by atoms with van der Waals surface area (Å²) in [4.78, 5) is 11.9. The van der Waals surface area contributed by atoms with Crippen LogP contribution in [0.25, 0.3) is 0 Å². The molecule has 1 aromatic rings. The van der Waals surface area contributed by atoms with Crippen LogP contribution in [0.15, 0.2) is 18.2 Å². The van der Waals surface area contributed by atoms with Crippen LogP contribution < -0.4 is 14.8 Å². The Morgan fingerprint density at radius 3 is 2.67 bits per heavy atom. The van der Waals surface area contributed by atoms with Crippen LogP contribution >= 0.6 is 0 Å². The molecular weight excluding hydrogens is 234 g/mol. The van der Waals surface area contributed by atoms with Gasteiger partial charge in [-0.2, -0.15) is 0 Å². The van der Waals surface area contributed by atoms with Crippen molar-refractivity contribution in [2.24, 2.45) is 0 Å². The summed E-state index contributed by atoms with van der Waals surface area (Å²) >= 11 is 0. The molecule has 0 radical (unpaired) electrons. The number of ether oxygens (including phenoxy) is 2. The smallest absolute Gasteiger partial charge is 0.255 e. The minimum Gasteiger partial charge on any atom is -0.493 e. The maximum Gasteiger partial charge on any atom is 0.255 e. The zero-order chi connectivity index (χ0) is 13.5. The zero-order valence-electron chi connectivity index (χ0n) is 10.9. The summed E-state index contributed by atoms with van der Waals surface area (Å²) in [5.41, 5.74) is 0.419. The van der Waals surface area contributed by atoms with Gasteiger partial charge in [0.05, 0.1) is 25.9 Å². The first-order valence-corrected chi connectivity index (χ1v) is 5.77. The van der Waals surface area contributed by atoms with Crippen LogP contribution in [-0.4, -0.2) is 37.9 Å². The second-order valence-corrected chi connectivity index (χ2v) is 3.93. The van der Waals surface area contributed by atoms with Crippen molar-refractivity contribution in [3.05, 3.63) is 23.8 Å². The number of hydrogen-bond donors (Lipinski definition) is 2. The van der Waals surface area contributed by atoms with E-state index in [9.17, 15) is 4.79 Å². The van der Waals surface area contributed by atoms with Crippen LogP contribution in [0.1, 0.15) is 23.7 Å². The minimum absolute atomic E-state index is 0.244. The van der Waals surface area contributed by atoms with Crippen molar-refractivity contribution in [3.63, 3.8) is 0 Å². The molecule has 0 heterocycles. The van der Waals surface area contributed by atoms with Crippen molar-refractivity contribution in [2.75, 3.05) is 20.8 Å². The molecule has 0 aliphatic heterocycles. The fourth-order valence-electron chi connectivity index (χ4n) is 1.56. The molecular formula is C13H19NO4. The van der Waals surface area contributed by atoms with Gasteiger partial charge in [0.15, 0.2) is 11.5 Å². The van der Waals surface area contributed by atoms with Gasteiger partial charge in [-0.1, -0.05) is 6.07 Å². The number of hydrogen-bond acceptors (Lipinski definition) is 4. The zero-order valence-corrected chi connectivity index (χ0v) is 10.9. The molecule has 1 atom stereocenters. The molecule has 0 fully saturated rings. The Bertz CT molecular complexity index is 404. The van der Waals surface area contributed by atoms with Crippen molar-refractivity contribution < 1.29 is 19.4 Å². The first-order valence-electron chi connectivity index (χ1n) is 5.77. The van der Waals surface area contributed by atoms with E-state index in [1.807, 2.05) is 0 Å². The normalized spacial score (nSPS) is 11.8. The molecule has 0 aromatic heterocycles. The van der Waals surface area contributed by atoms with E-state index in [0.717, 1.165) is 0 Å². The monoisotopic (exact) mass is 253 g/mol. The number of benzene rings is 1. The standard InChI is InChI=1S/C13H19NO4/c1-9(15)7-8-14-13(16)10-5-4-6-11(17-2)12(10)18-3/h4-6,9,15H,7-8H2,1-3H3,(H,14,16). The predicted octanol–water partition coefficient (Wildman–Crippen LogP) is 1.20. The lowest BCUT2D eigenvalue weighted by molar-refractivity contribution is 0.0942. The molecule has 1 unspecified atom stereocenters. The van der Waals surface area contributed by atoms with Crippen molar-refractivity contribution in [2.45, 2.75) is 19.4 Å². The van der Waals surface area contributed by atoms with Crippen LogP contribution in [-0.2, 0) is 0 Å². The van der Waals surface area contributed by atoms with E-state index in [4.69, 9.17) is 14.6 Å².